The first kappa shape index (κ1) is 8.46. The highest BCUT2D eigenvalue weighted by Crippen LogP contribution is 2.09. The van der Waals surface area contributed by atoms with Crippen molar-refractivity contribution in [2.75, 3.05) is 0 Å². The Hall–Kier alpha value is -0.540. The van der Waals surface area contributed by atoms with E-state index >= 15 is 0 Å². The summed E-state index contributed by atoms with van der Waals surface area (Å²) < 4.78 is 0. The van der Waals surface area contributed by atoms with Crippen molar-refractivity contribution in [2.45, 2.75) is 0 Å². The molecule has 0 aromatic rings. The van der Waals surface area contributed by atoms with Crippen molar-refractivity contribution in [1.29, 1.82) is 0 Å². The molecule has 0 spiro atoms. The molecule has 3 nitrogen and oxygen atoms in total. The first-order valence-electron chi connectivity index (χ1n) is 1.81. The van der Waals surface area contributed by atoms with Crippen LogP contribution in [0.5, 0.6) is 0 Å². The molecule has 0 aliphatic rings. The first-order chi connectivity index (χ1) is 4.09. The standard InChI is InChI=1S/C4H2Cl2O3/c5-2(1-7)3(6)4(8)9/h1H,(H,8,9)/p-1/b3-2+. The maximum Gasteiger partial charge on any atom is 0.163 e. The summed E-state index contributed by atoms with van der Waals surface area (Å²) in [5.74, 6) is -1.66. The van der Waals surface area contributed by atoms with Gasteiger partial charge in [0, 0.05) is 0 Å². The molecule has 0 saturated carbocycles. The number of aldehydes is 1. The van der Waals surface area contributed by atoms with Crippen LogP contribution in [0.1, 0.15) is 0 Å². The number of carbonyl (C=O) groups excluding carboxylic acids is 2. The Bertz CT molecular complexity index is 173. The van der Waals surface area contributed by atoms with E-state index in [2.05, 4.69) is 0 Å². The Balaban J connectivity index is 4.47. The third kappa shape index (κ3) is 2.49. The second kappa shape index (κ2) is 3.48. The van der Waals surface area contributed by atoms with E-state index in [0.29, 0.717) is 0 Å². The van der Waals surface area contributed by atoms with Crippen LogP contribution >= 0.6 is 23.2 Å². The molecule has 0 aromatic carbocycles. The Kier molecular flexibility index (Phi) is 3.27. The second-order valence-electron chi connectivity index (χ2n) is 1.07. The van der Waals surface area contributed by atoms with Gasteiger partial charge in [0.25, 0.3) is 0 Å². The molecule has 0 atom stereocenters. The number of hydrogen-bond acceptors (Lipinski definition) is 3. The summed E-state index contributed by atoms with van der Waals surface area (Å²) in [5, 5.41) is 8.43. The maximum absolute atomic E-state index is 9.76. The van der Waals surface area contributed by atoms with E-state index in [0.717, 1.165) is 0 Å². The fourth-order valence-corrected chi connectivity index (χ4v) is 0.271. The molecule has 0 aliphatic carbocycles. The predicted octanol–water partition coefficient (Wildman–Crippen LogP) is -0.376. The van der Waals surface area contributed by atoms with Crippen LogP contribution in [0.4, 0.5) is 0 Å². The summed E-state index contributed by atoms with van der Waals surface area (Å²) in [6, 6.07) is 0. The quantitative estimate of drug-likeness (QED) is 0.417. The van der Waals surface area contributed by atoms with Crippen LogP contribution in [0.15, 0.2) is 10.1 Å². The van der Waals surface area contributed by atoms with E-state index < -0.39 is 16.0 Å². The van der Waals surface area contributed by atoms with E-state index in [1.54, 1.807) is 0 Å². The van der Waals surface area contributed by atoms with Crippen molar-refractivity contribution in [3.63, 3.8) is 0 Å². The molecule has 50 valence electrons. The zero-order valence-corrected chi connectivity index (χ0v) is 5.57. The Morgan fingerprint density at radius 1 is 1.44 bits per heavy atom. The smallest absolute Gasteiger partial charge is 0.163 e. The Morgan fingerprint density at radius 2 is 1.89 bits per heavy atom. The summed E-state index contributed by atoms with van der Waals surface area (Å²) in [7, 11) is 0. The minimum absolute atomic E-state index is 0.125. The first-order valence-corrected chi connectivity index (χ1v) is 2.57. The molecule has 0 aliphatic heterocycles. The van der Waals surface area contributed by atoms with Gasteiger partial charge in [0.05, 0.1) is 11.0 Å². The van der Waals surface area contributed by atoms with Crippen molar-refractivity contribution in [3.05, 3.63) is 10.1 Å². The SMILES string of the molecule is O=C/C(Cl)=C(\Cl)C(=O)[O-]. The van der Waals surface area contributed by atoms with Crippen LogP contribution in [0, 0.1) is 0 Å². The second-order valence-corrected chi connectivity index (χ2v) is 1.85. The summed E-state index contributed by atoms with van der Waals surface area (Å²) >= 11 is 9.89. The van der Waals surface area contributed by atoms with Gasteiger partial charge in [-0.05, 0) is 0 Å². The van der Waals surface area contributed by atoms with Crippen molar-refractivity contribution in [1.82, 2.24) is 0 Å². The van der Waals surface area contributed by atoms with Crippen molar-refractivity contribution in [3.8, 4) is 0 Å². The van der Waals surface area contributed by atoms with E-state index in [9.17, 15) is 14.7 Å². The summed E-state index contributed by atoms with van der Waals surface area (Å²) in [6.07, 6.45) is 0.125. The normalized spacial score (nSPS) is 12.2. The molecule has 0 radical (unpaired) electrons. The van der Waals surface area contributed by atoms with Gasteiger partial charge in [0.15, 0.2) is 6.29 Å². The minimum atomic E-state index is -1.66. The maximum atomic E-state index is 9.76. The minimum Gasteiger partial charge on any atom is -0.544 e. The molecule has 0 unspecified atom stereocenters. The molecular formula is C4HCl2O3-. The molecule has 0 N–H and O–H groups in total. The van der Waals surface area contributed by atoms with Gasteiger partial charge in [-0.3, -0.25) is 4.79 Å². The third-order valence-corrected chi connectivity index (χ3v) is 1.23. The largest absolute Gasteiger partial charge is 0.544 e. The van der Waals surface area contributed by atoms with Crippen LogP contribution in [-0.4, -0.2) is 12.3 Å². The van der Waals surface area contributed by atoms with Crippen molar-refractivity contribution in [2.24, 2.45) is 0 Å². The van der Waals surface area contributed by atoms with Crippen LogP contribution in [0.25, 0.3) is 0 Å². The van der Waals surface area contributed by atoms with Gasteiger partial charge < -0.3 is 9.90 Å². The van der Waals surface area contributed by atoms with Crippen molar-refractivity contribution >= 4 is 35.5 Å². The molecular weight excluding hydrogens is 167 g/mol. The van der Waals surface area contributed by atoms with Crippen molar-refractivity contribution < 1.29 is 14.7 Å². The van der Waals surface area contributed by atoms with Crippen LogP contribution < -0.4 is 5.11 Å². The average Bonchev–Trinajstić information content (AvgIpc) is 1.84. The molecule has 0 aromatic heterocycles. The van der Waals surface area contributed by atoms with Gasteiger partial charge in [0.1, 0.15) is 5.03 Å². The zero-order valence-electron chi connectivity index (χ0n) is 4.06. The molecule has 0 heterocycles. The van der Waals surface area contributed by atoms with E-state index in [-0.39, 0.29) is 6.29 Å². The van der Waals surface area contributed by atoms with Crippen LogP contribution in [0.2, 0.25) is 0 Å². The van der Waals surface area contributed by atoms with E-state index in [1.165, 1.54) is 0 Å². The van der Waals surface area contributed by atoms with Gasteiger partial charge in [-0.1, -0.05) is 23.2 Å². The number of hydrogen-bond donors (Lipinski definition) is 0. The number of allylic oxidation sites excluding steroid dienone is 1. The highest BCUT2D eigenvalue weighted by molar-refractivity contribution is 6.51. The number of carboxylic acid groups (broad SMARTS) is 1. The lowest BCUT2D eigenvalue weighted by atomic mass is 10.5. The number of aliphatic carboxylic acids is 1. The highest BCUT2D eigenvalue weighted by atomic mass is 35.5. The number of rotatable bonds is 2. The number of carbonyl (C=O) groups is 2. The van der Waals surface area contributed by atoms with Gasteiger partial charge in [0.2, 0.25) is 0 Å². The Morgan fingerprint density at radius 3 is 2.00 bits per heavy atom. The lowest BCUT2D eigenvalue weighted by molar-refractivity contribution is -0.298. The predicted molar refractivity (Wildman–Crippen MR) is 29.8 cm³/mol. The zero-order chi connectivity index (χ0) is 7.44. The fourth-order valence-electron chi connectivity index (χ4n) is 0.149. The molecule has 0 amide bonds. The molecule has 5 heteroatoms. The van der Waals surface area contributed by atoms with E-state index in [4.69, 9.17) is 23.2 Å². The number of carboxylic acids is 1. The highest BCUT2D eigenvalue weighted by Gasteiger charge is 1.99. The van der Waals surface area contributed by atoms with Crippen LogP contribution in [-0.2, 0) is 9.59 Å². The molecule has 9 heavy (non-hydrogen) atoms. The third-order valence-electron chi connectivity index (χ3n) is 0.492. The summed E-state index contributed by atoms with van der Waals surface area (Å²) in [6.45, 7) is 0. The van der Waals surface area contributed by atoms with Gasteiger partial charge in [-0.2, -0.15) is 0 Å². The topological polar surface area (TPSA) is 57.2 Å². The summed E-state index contributed by atoms with van der Waals surface area (Å²) in [5.41, 5.74) is 0. The van der Waals surface area contributed by atoms with Gasteiger partial charge in [-0.15, -0.1) is 0 Å². The molecule has 0 rings (SSSR count). The Labute approximate surface area is 60.9 Å². The number of halogens is 2. The molecule has 0 saturated heterocycles. The summed E-state index contributed by atoms with van der Waals surface area (Å²) in [4.78, 5) is 19.4. The average molecular weight is 168 g/mol. The van der Waals surface area contributed by atoms with Crippen LogP contribution in [0.3, 0.4) is 0 Å². The lowest BCUT2D eigenvalue weighted by Gasteiger charge is -1.96. The fraction of sp³-hybridized carbons (Fsp3) is 0. The lowest BCUT2D eigenvalue weighted by Crippen LogP contribution is -2.22. The monoisotopic (exact) mass is 167 g/mol. The van der Waals surface area contributed by atoms with Gasteiger partial charge >= 0.3 is 0 Å². The molecule has 0 bridgehead atoms. The van der Waals surface area contributed by atoms with Gasteiger partial charge in [-0.25, -0.2) is 0 Å². The van der Waals surface area contributed by atoms with E-state index in [1.807, 2.05) is 0 Å². The molecule has 0 fully saturated rings.